The number of halogens is 1. The second kappa shape index (κ2) is 10.3. The minimum atomic E-state index is -1.25. The smallest absolute Gasteiger partial charge is 0.250 e. The highest BCUT2D eigenvalue weighted by atomic mass is 35.5. The van der Waals surface area contributed by atoms with Crippen LogP contribution in [0, 0.1) is 0 Å². The zero-order valence-electron chi connectivity index (χ0n) is 17.3. The lowest BCUT2D eigenvalue weighted by atomic mass is 10.1. The summed E-state index contributed by atoms with van der Waals surface area (Å²) < 4.78 is 2.04. The van der Waals surface area contributed by atoms with Crippen molar-refractivity contribution in [3.63, 3.8) is 0 Å². The molecule has 0 bridgehead atoms. The number of nitrogens with one attached hydrogen (secondary N) is 1. The first kappa shape index (κ1) is 22.6. The van der Waals surface area contributed by atoms with Crippen LogP contribution in [0.4, 0.5) is 0 Å². The van der Waals surface area contributed by atoms with Gasteiger partial charge in [0.05, 0.1) is 35.5 Å². The lowest BCUT2D eigenvalue weighted by Crippen LogP contribution is -2.22. The number of amides is 1. The summed E-state index contributed by atoms with van der Waals surface area (Å²) in [5, 5.41) is 16.1. The van der Waals surface area contributed by atoms with Crippen LogP contribution in [0.25, 0.3) is 11.0 Å². The molecule has 0 aliphatic heterocycles. The number of hydrogen-bond donors (Lipinski definition) is 1. The third-order valence-corrected chi connectivity index (χ3v) is 6.13. The molecule has 0 aliphatic carbocycles. The number of fused-ring (bicyclic) bond motifs is 1. The maximum atomic E-state index is 12.3. The van der Waals surface area contributed by atoms with Gasteiger partial charge in [-0.1, -0.05) is 78.0 Å². The predicted octanol–water partition coefficient (Wildman–Crippen LogP) is 3.34. The van der Waals surface area contributed by atoms with E-state index in [1.54, 1.807) is 12.1 Å². The number of hydrazone groups is 1. The molecular formula is C24H18ClN4O3S-. The molecule has 3 aromatic carbocycles. The lowest BCUT2D eigenvalue weighted by Gasteiger charge is -2.10. The van der Waals surface area contributed by atoms with Crippen molar-refractivity contribution in [3.05, 3.63) is 94.5 Å². The summed E-state index contributed by atoms with van der Waals surface area (Å²) in [5.41, 5.74) is 5.95. The summed E-state index contributed by atoms with van der Waals surface area (Å²) in [7, 11) is 0. The van der Waals surface area contributed by atoms with E-state index in [0.29, 0.717) is 22.3 Å². The number of carboxylic acid groups (broad SMARTS) is 1. The molecular weight excluding hydrogens is 460 g/mol. The summed E-state index contributed by atoms with van der Waals surface area (Å²) in [5.74, 6) is -1.42. The molecule has 0 atom stereocenters. The average Bonchev–Trinajstić information content (AvgIpc) is 3.17. The molecule has 0 aliphatic rings. The number of nitrogens with zero attached hydrogens (tertiary/aromatic N) is 3. The van der Waals surface area contributed by atoms with Gasteiger partial charge in [-0.05, 0) is 34.9 Å². The molecule has 1 amide bonds. The second-order valence-corrected chi connectivity index (χ2v) is 8.40. The quantitative estimate of drug-likeness (QED) is 0.238. The number of imidazole rings is 1. The average molecular weight is 478 g/mol. The summed E-state index contributed by atoms with van der Waals surface area (Å²) >= 11 is 7.66. The van der Waals surface area contributed by atoms with Crippen LogP contribution in [0.5, 0.6) is 0 Å². The lowest BCUT2D eigenvalue weighted by molar-refractivity contribution is -0.255. The van der Waals surface area contributed by atoms with E-state index in [-0.39, 0.29) is 17.2 Å². The van der Waals surface area contributed by atoms with E-state index < -0.39 is 5.97 Å². The number of hydrogen-bond acceptors (Lipinski definition) is 6. The van der Waals surface area contributed by atoms with Crippen molar-refractivity contribution in [2.75, 3.05) is 5.75 Å². The molecule has 1 heterocycles. The predicted molar refractivity (Wildman–Crippen MR) is 128 cm³/mol. The van der Waals surface area contributed by atoms with Gasteiger partial charge < -0.3 is 14.5 Å². The number of aromatic nitrogens is 2. The molecule has 7 nitrogen and oxygen atoms in total. The fourth-order valence-corrected chi connectivity index (χ4v) is 4.16. The number of rotatable bonds is 8. The van der Waals surface area contributed by atoms with Crippen molar-refractivity contribution in [3.8, 4) is 0 Å². The third kappa shape index (κ3) is 5.60. The number of para-hydroxylation sites is 2. The number of carboxylic acids is 1. The van der Waals surface area contributed by atoms with E-state index in [1.165, 1.54) is 30.1 Å². The van der Waals surface area contributed by atoms with E-state index in [1.807, 2.05) is 53.1 Å². The van der Waals surface area contributed by atoms with Gasteiger partial charge in [-0.3, -0.25) is 4.79 Å². The summed E-state index contributed by atoms with van der Waals surface area (Å²) in [4.78, 5) is 27.8. The van der Waals surface area contributed by atoms with Crippen LogP contribution in [-0.4, -0.2) is 33.4 Å². The second-order valence-electron chi connectivity index (χ2n) is 7.05. The van der Waals surface area contributed by atoms with Crippen molar-refractivity contribution in [1.29, 1.82) is 0 Å². The molecule has 0 fully saturated rings. The highest BCUT2D eigenvalue weighted by Gasteiger charge is 2.14. The molecule has 9 heteroatoms. The first-order chi connectivity index (χ1) is 16.0. The normalized spacial score (nSPS) is 11.2. The Labute approximate surface area is 199 Å². The standard InChI is InChI=1S/C24H19ClN4O3S/c25-19-6-2-1-5-18(19)14-29-21-8-4-3-7-20(21)27-24(29)33-15-22(30)28-26-13-16-9-11-17(12-10-16)23(31)32/h1-13H,14-15H2,(H,28,30)(H,31,32)/p-1/b26-13-. The molecule has 166 valence electrons. The maximum Gasteiger partial charge on any atom is 0.250 e. The van der Waals surface area contributed by atoms with Gasteiger partial charge in [0.25, 0.3) is 5.91 Å². The topological polar surface area (TPSA) is 99.4 Å². The Kier molecular flexibility index (Phi) is 7.07. The molecule has 1 N–H and O–H groups in total. The SMILES string of the molecule is O=C(CSc1nc2ccccc2n1Cc1ccccc1Cl)N/N=C\c1ccc(C(=O)[O-])cc1. The minimum absolute atomic E-state index is 0.0762. The van der Waals surface area contributed by atoms with Crippen molar-refractivity contribution in [1.82, 2.24) is 15.0 Å². The number of carbonyl (C=O) groups is 2. The Hall–Kier alpha value is -3.62. The highest BCUT2D eigenvalue weighted by Crippen LogP contribution is 2.27. The number of carbonyl (C=O) groups excluding carboxylic acids is 2. The van der Waals surface area contributed by atoms with Gasteiger partial charge in [0.15, 0.2) is 5.16 Å². The number of aromatic carboxylic acids is 1. The molecule has 33 heavy (non-hydrogen) atoms. The Morgan fingerprint density at radius 2 is 1.79 bits per heavy atom. The van der Waals surface area contributed by atoms with Crippen LogP contribution in [0.3, 0.4) is 0 Å². The van der Waals surface area contributed by atoms with Crippen LogP contribution >= 0.6 is 23.4 Å². The van der Waals surface area contributed by atoms with Crippen molar-refractivity contribution >= 4 is 52.5 Å². The Morgan fingerprint density at radius 1 is 1.06 bits per heavy atom. The van der Waals surface area contributed by atoms with Gasteiger partial charge in [0, 0.05) is 5.02 Å². The summed E-state index contributed by atoms with van der Waals surface area (Å²) in [6.45, 7) is 0.532. The van der Waals surface area contributed by atoms with E-state index in [9.17, 15) is 14.7 Å². The van der Waals surface area contributed by atoms with Crippen molar-refractivity contribution in [2.45, 2.75) is 11.7 Å². The fourth-order valence-electron chi connectivity index (χ4n) is 3.16. The van der Waals surface area contributed by atoms with E-state index in [0.717, 1.165) is 16.6 Å². The monoisotopic (exact) mass is 477 g/mol. The van der Waals surface area contributed by atoms with Crippen LogP contribution in [-0.2, 0) is 11.3 Å². The van der Waals surface area contributed by atoms with Gasteiger partial charge >= 0.3 is 0 Å². The minimum Gasteiger partial charge on any atom is -0.545 e. The van der Waals surface area contributed by atoms with Gasteiger partial charge in [0.1, 0.15) is 0 Å². The Balaban J connectivity index is 1.43. The summed E-state index contributed by atoms with van der Waals surface area (Å²) in [6.07, 6.45) is 1.44. The number of thioether (sulfide) groups is 1. The van der Waals surface area contributed by atoms with Crippen LogP contribution in [0.1, 0.15) is 21.5 Å². The van der Waals surface area contributed by atoms with Crippen LogP contribution in [0.2, 0.25) is 5.02 Å². The maximum absolute atomic E-state index is 12.3. The van der Waals surface area contributed by atoms with E-state index in [4.69, 9.17) is 11.6 Å². The molecule has 0 unspecified atom stereocenters. The molecule has 4 aromatic rings. The molecule has 0 radical (unpaired) electrons. The fraction of sp³-hybridized carbons (Fsp3) is 0.0833. The number of benzene rings is 3. The summed E-state index contributed by atoms with van der Waals surface area (Å²) in [6, 6.07) is 21.4. The first-order valence-corrected chi connectivity index (χ1v) is 11.3. The van der Waals surface area contributed by atoms with E-state index >= 15 is 0 Å². The highest BCUT2D eigenvalue weighted by molar-refractivity contribution is 7.99. The molecule has 0 saturated carbocycles. The zero-order chi connectivity index (χ0) is 23.2. The Bertz CT molecular complexity index is 1340. The van der Waals surface area contributed by atoms with Crippen molar-refractivity contribution in [2.24, 2.45) is 5.10 Å². The molecule has 1 aromatic heterocycles. The van der Waals surface area contributed by atoms with Crippen molar-refractivity contribution < 1.29 is 14.7 Å². The van der Waals surface area contributed by atoms with Gasteiger partial charge in [0.2, 0.25) is 0 Å². The zero-order valence-corrected chi connectivity index (χ0v) is 18.8. The van der Waals surface area contributed by atoms with E-state index in [2.05, 4.69) is 15.5 Å². The van der Waals surface area contributed by atoms with Gasteiger partial charge in [-0.15, -0.1) is 0 Å². The third-order valence-electron chi connectivity index (χ3n) is 4.79. The van der Waals surface area contributed by atoms with Gasteiger partial charge in [-0.2, -0.15) is 5.10 Å². The molecule has 0 spiro atoms. The first-order valence-electron chi connectivity index (χ1n) is 9.96. The Morgan fingerprint density at radius 3 is 2.55 bits per heavy atom. The van der Waals surface area contributed by atoms with Crippen LogP contribution in [0.15, 0.2) is 83.1 Å². The molecule has 4 rings (SSSR count). The van der Waals surface area contributed by atoms with Crippen LogP contribution < -0.4 is 10.5 Å². The molecule has 0 saturated heterocycles. The largest absolute Gasteiger partial charge is 0.545 e. The van der Waals surface area contributed by atoms with Gasteiger partial charge in [-0.25, -0.2) is 10.4 Å².